The summed E-state index contributed by atoms with van der Waals surface area (Å²) in [6, 6.07) is -0.888. The monoisotopic (exact) mass is 276 g/mol. The van der Waals surface area contributed by atoms with Gasteiger partial charge >= 0.3 is 5.97 Å². The van der Waals surface area contributed by atoms with E-state index >= 15 is 0 Å². The van der Waals surface area contributed by atoms with Crippen molar-refractivity contribution in [3.8, 4) is 0 Å². The molecule has 0 radical (unpaired) electrons. The Kier molecular flexibility index (Phi) is 7.42. The van der Waals surface area contributed by atoms with Crippen LogP contribution in [-0.2, 0) is 14.4 Å². The van der Waals surface area contributed by atoms with Gasteiger partial charge in [-0.1, -0.05) is 0 Å². The quantitative estimate of drug-likeness (QED) is 0.435. The van der Waals surface area contributed by atoms with E-state index in [-0.39, 0.29) is 17.2 Å². The van der Waals surface area contributed by atoms with Crippen molar-refractivity contribution < 1.29 is 19.5 Å². The van der Waals surface area contributed by atoms with Gasteiger partial charge < -0.3 is 15.7 Å². The van der Waals surface area contributed by atoms with E-state index in [2.05, 4.69) is 10.6 Å². The van der Waals surface area contributed by atoms with Crippen LogP contribution < -0.4 is 10.6 Å². The number of carbonyl (C=O) groups excluding carboxylic acids is 2. The summed E-state index contributed by atoms with van der Waals surface area (Å²) in [7, 11) is 0. The standard InChI is InChI=1S/C11H20N2O4S/c1-11(2,3)13-9(15)6-18-5-4-8(10(16)17)12-7-14/h7-8H,4-6H2,1-3H3,(H,12,14)(H,13,15)(H,16,17). The average molecular weight is 276 g/mol. The Labute approximate surface area is 111 Å². The SMILES string of the molecule is CC(C)(C)NC(=O)CSCCC(NC=O)C(=O)O. The molecule has 7 heteroatoms. The molecule has 0 saturated heterocycles. The Bertz CT molecular complexity index is 302. The van der Waals surface area contributed by atoms with E-state index in [1.807, 2.05) is 20.8 Å². The number of carboxylic acids is 1. The summed E-state index contributed by atoms with van der Waals surface area (Å²) in [4.78, 5) is 32.3. The minimum absolute atomic E-state index is 0.0808. The number of amides is 2. The van der Waals surface area contributed by atoms with E-state index < -0.39 is 12.0 Å². The minimum atomic E-state index is -1.07. The summed E-state index contributed by atoms with van der Waals surface area (Å²) < 4.78 is 0. The van der Waals surface area contributed by atoms with Crippen LogP contribution in [0, 0.1) is 0 Å². The van der Waals surface area contributed by atoms with Crippen LogP contribution in [0.2, 0.25) is 0 Å². The summed E-state index contributed by atoms with van der Waals surface area (Å²) in [5.41, 5.74) is -0.264. The fourth-order valence-corrected chi connectivity index (χ4v) is 1.98. The van der Waals surface area contributed by atoms with Crippen molar-refractivity contribution in [1.29, 1.82) is 0 Å². The van der Waals surface area contributed by atoms with Crippen molar-refractivity contribution in [1.82, 2.24) is 10.6 Å². The Balaban J connectivity index is 3.81. The molecule has 0 fully saturated rings. The highest BCUT2D eigenvalue weighted by atomic mass is 32.2. The molecule has 0 aromatic heterocycles. The van der Waals surface area contributed by atoms with E-state index in [1.165, 1.54) is 11.8 Å². The Morgan fingerprint density at radius 1 is 1.39 bits per heavy atom. The van der Waals surface area contributed by atoms with Crippen LogP contribution in [0.5, 0.6) is 0 Å². The van der Waals surface area contributed by atoms with Crippen LogP contribution in [0.1, 0.15) is 27.2 Å². The fourth-order valence-electron chi connectivity index (χ4n) is 1.18. The van der Waals surface area contributed by atoms with E-state index in [1.54, 1.807) is 0 Å². The van der Waals surface area contributed by atoms with Crippen LogP contribution in [-0.4, -0.2) is 46.5 Å². The van der Waals surface area contributed by atoms with Gasteiger partial charge in [0.15, 0.2) is 0 Å². The number of carboxylic acid groups (broad SMARTS) is 1. The second kappa shape index (κ2) is 7.97. The molecule has 0 aliphatic heterocycles. The molecule has 3 N–H and O–H groups in total. The smallest absolute Gasteiger partial charge is 0.326 e. The van der Waals surface area contributed by atoms with Crippen LogP contribution in [0.15, 0.2) is 0 Å². The molecule has 0 aliphatic carbocycles. The Morgan fingerprint density at radius 2 is 2.00 bits per heavy atom. The summed E-state index contributed by atoms with van der Waals surface area (Å²) in [6.45, 7) is 5.68. The van der Waals surface area contributed by atoms with Crippen LogP contribution >= 0.6 is 11.8 Å². The molecule has 6 nitrogen and oxygen atoms in total. The maximum Gasteiger partial charge on any atom is 0.326 e. The average Bonchev–Trinajstić information content (AvgIpc) is 2.19. The number of thioether (sulfide) groups is 1. The number of rotatable bonds is 8. The van der Waals surface area contributed by atoms with Gasteiger partial charge in [-0.2, -0.15) is 11.8 Å². The van der Waals surface area contributed by atoms with Crippen molar-refractivity contribution in [2.45, 2.75) is 38.8 Å². The van der Waals surface area contributed by atoms with Crippen LogP contribution in [0.3, 0.4) is 0 Å². The third-order valence-corrected chi connectivity index (χ3v) is 2.86. The topological polar surface area (TPSA) is 95.5 Å². The predicted molar refractivity (Wildman–Crippen MR) is 70.5 cm³/mol. The van der Waals surface area contributed by atoms with E-state index in [4.69, 9.17) is 5.11 Å². The van der Waals surface area contributed by atoms with Crippen molar-refractivity contribution in [3.05, 3.63) is 0 Å². The number of aliphatic carboxylic acids is 1. The Morgan fingerprint density at radius 3 is 2.44 bits per heavy atom. The zero-order chi connectivity index (χ0) is 14.2. The lowest BCUT2D eigenvalue weighted by Crippen LogP contribution is -2.41. The van der Waals surface area contributed by atoms with Crippen molar-refractivity contribution in [3.63, 3.8) is 0 Å². The molecule has 0 rings (SSSR count). The minimum Gasteiger partial charge on any atom is -0.480 e. The van der Waals surface area contributed by atoms with Gasteiger partial charge in [0.2, 0.25) is 12.3 Å². The lowest BCUT2D eigenvalue weighted by Gasteiger charge is -2.20. The maximum atomic E-state index is 11.4. The van der Waals surface area contributed by atoms with E-state index in [9.17, 15) is 14.4 Å². The Hall–Kier alpha value is -1.24. The first-order valence-corrected chi connectivity index (χ1v) is 6.73. The molecule has 104 valence electrons. The third kappa shape index (κ3) is 8.86. The third-order valence-electron chi connectivity index (χ3n) is 1.87. The summed E-state index contributed by atoms with van der Waals surface area (Å²) in [5.74, 6) is -0.371. The molecule has 2 amide bonds. The lowest BCUT2D eigenvalue weighted by molar-refractivity contribution is -0.140. The molecule has 1 unspecified atom stereocenters. The van der Waals surface area contributed by atoms with Crippen LogP contribution in [0.4, 0.5) is 0 Å². The molecular weight excluding hydrogens is 256 g/mol. The van der Waals surface area contributed by atoms with Crippen LogP contribution in [0.25, 0.3) is 0 Å². The van der Waals surface area contributed by atoms with Gasteiger partial charge in [0.1, 0.15) is 6.04 Å². The second-order valence-electron chi connectivity index (χ2n) is 4.81. The van der Waals surface area contributed by atoms with Gasteiger partial charge in [0.25, 0.3) is 0 Å². The molecule has 0 bridgehead atoms. The first-order chi connectivity index (χ1) is 8.26. The predicted octanol–water partition coefficient (Wildman–Crippen LogP) is 0.224. The normalized spacial score (nSPS) is 12.6. The number of hydrogen-bond acceptors (Lipinski definition) is 4. The highest BCUT2D eigenvalue weighted by molar-refractivity contribution is 7.99. The first-order valence-electron chi connectivity index (χ1n) is 5.57. The number of hydrogen-bond donors (Lipinski definition) is 3. The molecule has 0 heterocycles. The highest BCUT2D eigenvalue weighted by Crippen LogP contribution is 2.06. The number of nitrogens with one attached hydrogen (secondary N) is 2. The van der Waals surface area contributed by atoms with Crippen molar-refractivity contribution >= 4 is 30.0 Å². The molecule has 0 aromatic rings. The lowest BCUT2D eigenvalue weighted by atomic mass is 10.1. The molecule has 0 aliphatic rings. The summed E-state index contributed by atoms with van der Waals surface area (Å²) in [5, 5.41) is 13.8. The largest absolute Gasteiger partial charge is 0.480 e. The van der Waals surface area contributed by atoms with E-state index in [0.717, 1.165) is 0 Å². The second-order valence-corrected chi connectivity index (χ2v) is 5.92. The zero-order valence-electron chi connectivity index (χ0n) is 10.9. The molecule has 0 spiro atoms. The van der Waals surface area contributed by atoms with Gasteiger partial charge in [0.05, 0.1) is 5.75 Å². The van der Waals surface area contributed by atoms with Gasteiger partial charge in [-0.15, -0.1) is 0 Å². The molecule has 0 aromatic carbocycles. The van der Waals surface area contributed by atoms with Gasteiger partial charge in [-0.3, -0.25) is 9.59 Å². The highest BCUT2D eigenvalue weighted by Gasteiger charge is 2.17. The van der Waals surface area contributed by atoms with Gasteiger partial charge in [-0.25, -0.2) is 4.79 Å². The summed E-state index contributed by atoms with van der Waals surface area (Å²) >= 11 is 1.34. The van der Waals surface area contributed by atoms with E-state index in [0.29, 0.717) is 18.6 Å². The van der Waals surface area contributed by atoms with Gasteiger partial charge in [0, 0.05) is 5.54 Å². The molecule has 0 saturated carbocycles. The van der Waals surface area contributed by atoms with Crippen molar-refractivity contribution in [2.75, 3.05) is 11.5 Å². The number of carbonyl (C=O) groups is 3. The molecule has 1 atom stereocenters. The van der Waals surface area contributed by atoms with Gasteiger partial charge in [-0.05, 0) is 32.9 Å². The fraction of sp³-hybridized carbons (Fsp3) is 0.727. The zero-order valence-corrected chi connectivity index (χ0v) is 11.7. The molecular formula is C11H20N2O4S. The summed E-state index contributed by atoms with van der Waals surface area (Å²) in [6.07, 6.45) is 0.664. The maximum absolute atomic E-state index is 11.4. The molecule has 18 heavy (non-hydrogen) atoms. The first kappa shape index (κ1) is 16.8. The van der Waals surface area contributed by atoms with Crippen molar-refractivity contribution in [2.24, 2.45) is 0 Å².